The minimum atomic E-state index is -3.27. The monoisotopic (exact) mass is 406 g/mol. The van der Waals surface area contributed by atoms with Crippen molar-refractivity contribution in [1.29, 1.82) is 0 Å². The molecule has 0 saturated carbocycles. The molecule has 25 heavy (non-hydrogen) atoms. The van der Waals surface area contributed by atoms with Gasteiger partial charge in [0, 0.05) is 34.3 Å². The van der Waals surface area contributed by atoms with Gasteiger partial charge < -0.3 is 10.6 Å². The number of benzene rings is 1. The highest BCUT2D eigenvalue weighted by atomic mass is 35.5. The summed E-state index contributed by atoms with van der Waals surface area (Å²) in [6, 6.07) is 7.73. The van der Waals surface area contributed by atoms with Crippen molar-refractivity contribution in [3.05, 3.63) is 29.3 Å². The van der Waals surface area contributed by atoms with E-state index < -0.39 is 15.6 Å². The first kappa shape index (κ1) is 22.1. The van der Waals surface area contributed by atoms with Gasteiger partial charge in [-0.1, -0.05) is 11.6 Å². The molecular weight excluding hydrogens is 380 g/mol. The van der Waals surface area contributed by atoms with Crippen molar-refractivity contribution in [3.63, 3.8) is 0 Å². The summed E-state index contributed by atoms with van der Waals surface area (Å²) >= 11 is 7.60. The van der Waals surface area contributed by atoms with E-state index in [9.17, 15) is 8.42 Å². The Balaban J connectivity index is 2.48. The van der Waals surface area contributed by atoms with Crippen LogP contribution in [0.5, 0.6) is 0 Å². The van der Waals surface area contributed by atoms with Crippen LogP contribution in [0.1, 0.15) is 20.8 Å². The topological polar surface area (TPSA) is 82.6 Å². The van der Waals surface area contributed by atoms with E-state index >= 15 is 0 Å². The van der Waals surface area contributed by atoms with E-state index in [1.807, 2.05) is 31.2 Å². The molecule has 1 aromatic carbocycles. The Labute approximate surface area is 160 Å². The Morgan fingerprint density at radius 2 is 1.88 bits per heavy atom. The molecule has 0 bridgehead atoms. The van der Waals surface area contributed by atoms with Gasteiger partial charge in [-0.25, -0.2) is 13.1 Å². The van der Waals surface area contributed by atoms with Crippen LogP contribution in [-0.4, -0.2) is 51.6 Å². The van der Waals surface area contributed by atoms with Crippen LogP contribution in [0.4, 0.5) is 0 Å². The van der Waals surface area contributed by atoms with Crippen molar-refractivity contribution >= 4 is 39.3 Å². The number of guanidine groups is 1. The molecule has 0 aliphatic rings. The van der Waals surface area contributed by atoms with Gasteiger partial charge in [0.25, 0.3) is 0 Å². The third-order valence-electron chi connectivity index (χ3n) is 2.92. The summed E-state index contributed by atoms with van der Waals surface area (Å²) in [6.07, 6.45) is 1.15. The van der Waals surface area contributed by atoms with Crippen LogP contribution in [0.15, 0.2) is 34.2 Å². The molecule has 1 aromatic rings. The maximum Gasteiger partial charge on any atom is 0.209 e. The van der Waals surface area contributed by atoms with Crippen LogP contribution in [-0.2, 0) is 10.0 Å². The molecule has 0 aromatic heterocycles. The molecule has 0 aliphatic heterocycles. The highest BCUT2D eigenvalue weighted by Gasteiger charge is 2.21. The van der Waals surface area contributed by atoms with Crippen LogP contribution in [0, 0.1) is 0 Å². The number of nitrogens with zero attached hydrogens (tertiary/aromatic N) is 1. The van der Waals surface area contributed by atoms with Gasteiger partial charge in [0.15, 0.2) is 5.96 Å². The van der Waals surface area contributed by atoms with Crippen molar-refractivity contribution in [1.82, 2.24) is 15.4 Å². The highest BCUT2D eigenvalue weighted by Crippen LogP contribution is 2.19. The zero-order chi connectivity index (χ0) is 18.9. The molecular formula is C16H27ClN4O2S2. The summed E-state index contributed by atoms with van der Waals surface area (Å²) in [5.41, 5.74) is -0.645. The first-order valence-corrected chi connectivity index (χ1v) is 11.3. The van der Waals surface area contributed by atoms with Gasteiger partial charge in [0.2, 0.25) is 10.0 Å². The summed E-state index contributed by atoms with van der Waals surface area (Å²) in [5.74, 6) is 1.54. The largest absolute Gasteiger partial charge is 0.357 e. The number of aliphatic imine (C=N–C) groups is 1. The van der Waals surface area contributed by atoms with Crippen molar-refractivity contribution in [2.75, 3.05) is 31.6 Å². The van der Waals surface area contributed by atoms with Gasteiger partial charge in [0.05, 0.1) is 12.8 Å². The van der Waals surface area contributed by atoms with Crippen molar-refractivity contribution in [3.8, 4) is 0 Å². The molecule has 9 heteroatoms. The van der Waals surface area contributed by atoms with Gasteiger partial charge in [0.1, 0.15) is 0 Å². The Bertz CT molecular complexity index is 661. The smallest absolute Gasteiger partial charge is 0.209 e. The summed E-state index contributed by atoms with van der Waals surface area (Å²) in [4.78, 5) is 5.63. The lowest BCUT2D eigenvalue weighted by molar-refractivity contribution is 0.464. The van der Waals surface area contributed by atoms with Crippen LogP contribution in [0.2, 0.25) is 5.02 Å². The number of hydrogen-bond donors (Lipinski definition) is 3. The van der Waals surface area contributed by atoms with E-state index in [1.165, 1.54) is 0 Å². The van der Waals surface area contributed by atoms with Crippen molar-refractivity contribution in [2.45, 2.75) is 31.2 Å². The Kier molecular flexibility index (Phi) is 9.06. The molecule has 0 aliphatic carbocycles. The standard InChI is InChI=1S/C16H27ClN4O2S2/c1-5-18-15(20-12-16(2,3)21-25(4,22)23)19-10-11-24-14-8-6-13(17)7-9-14/h6-9,21H,5,10-12H2,1-4H3,(H2,18,19,20). The quantitative estimate of drug-likeness (QED) is 0.254. The van der Waals surface area contributed by atoms with E-state index in [0.717, 1.165) is 35.0 Å². The number of thioether (sulfide) groups is 1. The molecule has 0 unspecified atom stereocenters. The SMILES string of the molecule is CCNC(=NCC(C)(C)NS(C)(=O)=O)NCCSc1ccc(Cl)cc1. The fourth-order valence-electron chi connectivity index (χ4n) is 2.02. The van der Waals surface area contributed by atoms with E-state index in [-0.39, 0.29) is 0 Å². The highest BCUT2D eigenvalue weighted by molar-refractivity contribution is 7.99. The van der Waals surface area contributed by atoms with Gasteiger partial charge in [-0.05, 0) is 45.0 Å². The molecule has 0 heterocycles. The predicted molar refractivity (Wildman–Crippen MR) is 108 cm³/mol. The van der Waals surface area contributed by atoms with Gasteiger partial charge in [-0.3, -0.25) is 4.99 Å². The Morgan fingerprint density at radius 3 is 2.44 bits per heavy atom. The molecule has 1 rings (SSSR count). The van der Waals surface area contributed by atoms with Crippen LogP contribution in [0.3, 0.4) is 0 Å². The molecule has 0 atom stereocenters. The third kappa shape index (κ3) is 10.6. The second kappa shape index (κ2) is 10.3. The Morgan fingerprint density at radius 1 is 1.24 bits per heavy atom. The second-order valence-corrected chi connectivity index (χ2v) is 9.54. The lowest BCUT2D eigenvalue weighted by Gasteiger charge is -2.23. The van der Waals surface area contributed by atoms with Gasteiger partial charge in [-0.15, -0.1) is 11.8 Å². The normalized spacial score (nSPS) is 12.9. The maximum atomic E-state index is 11.4. The maximum absolute atomic E-state index is 11.4. The first-order valence-electron chi connectivity index (χ1n) is 8.01. The third-order valence-corrected chi connectivity index (χ3v) is 5.10. The summed E-state index contributed by atoms with van der Waals surface area (Å²) < 4.78 is 25.3. The number of halogens is 1. The fourth-order valence-corrected chi connectivity index (χ4v) is 3.98. The summed E-state index contributed by atoms with van der Waals surface area (Å²) in [6.45, 7) is 7.39. The molecule has 6 nitrogen and oxygen atoms in total. The van der Waals surface area contributed by atoms with Crippen LogP contribution < -0.4 is 15.4 Å². The summed E-state index contributed by atoms with van der Waals surface area (Å²) in [7, 11) is -3.27. The molecule has 0 fully saturated rings. The molecule has 0 radical (unpaired) electrons. The minimum absolute atomic E-state index is 0.333. The number of hydrogen-bond acceptors (Lipinski definition) is 4. The molecule has 142 valence electrons. The van der Waals surface area contributed by atoms with Crippen molar-refractivity contribution < 1.29 is 8.42 Å². The molecule has 0 amide bonds. The molecule has 0 saturated heterocycles. The van der Waals surface area contributed by atoms with E-state index in [1.54, 1.807) is 25.6 Å². The molecule has 3 N–H and O–H groups in total. The van der Waals surface area contributed by atoms with Gasteiger partial charge in [-0.2, -0.15) is 0 Å². The van der Waals surface area contributed by atoms with Crippen LogP contribution in [0.25, 0.3) is 0 Å². The fraction of sp³-hybridized carbons (Fsp3) is 0.562. The zero-order valence-corrected chi connectivity index (χ0v) is 17.5. The molecule has 0 spiro atoms. The average Bonchev–Trinajstić information content (AvgIpc) is 2.48. The zero-order valence-electron chi connectivity index (χ0n) is 15.1. The predicted octanol–water partition coefficient (Wildman–Crippen LogP) is 2.32. The number of nitrogens with one attached hydrogen (secondary N) is 3. The lowest BCUT2D eigenvalue weighted by atomic mass is 10.1. The van der Waals surface area contributed by atoms with Crippen molar-refractivity contribution in [2.24, 2.45) is 4.99 Å². The lowest BCUT2D eigenvalue weighted by Crippen LogP contribution is -2.47. The second-order valence-electron chi connectivity index (χ2n) is 6.18. The van der Waals surface area contributed by atoms with E-state index in [2.05, 4.69) is 20.3 Å². The van der Waals surface area contributed by atoms with E-state index in [4.69, 9.17) is 11.6 Å². The van der Waals surface area contributed by atoms with Crippen LogP contribution >= 0.6 is 23.4 Å². The first-order chi connectivity index (χ1) is 11.6. The number of sulfonamides is 1. The Hall–Kier alpha value is -0.960. The number of rotatable bonds is 9. The minimum Gasteiger partial charge on any atom is -0.357 e. The average molecular weight is 407 g/mol. The van der Waals surface area contributed by atoms with Gasteiger partial charge >= 0.3 is 0 Å². The van der Waals surface area contributed by atoms with E-state index in [0.29, 0.717) is 12.5 Å². The summed E-state index contributed by atoms with van der Waals surface area (Å²) in [5, 5.41) is 7.14.